The van der Waals surface area contributed by atoms with E-state index in [9.17, 15) is 5.11 Å². The van der Waals surface area contributed by atoms with Crippen LogP contribution in [-0.4, -0.2) is 11.1 Å². The number of benzene rings is 1. The third-order valence-corrected chi connectivity index (χ3v) is 3.60. The minimum absolute atomic E-state index is 0.295. The maximum Gasteiger partial charge on any atom is 0.115 e. The van der Waals surface area contributed by atoms with Crippen molar-refractivity contribution in [2.45, 2.75) is 30.7 Å². The third kappa shape index (κ3) is 0.814. The first kappa shape index (κ1) is 7.39. The number of aryl methyl sites for hydroxylation is 1. The maximum absolute atomic E-state index is 9.32. The van der Waals surface area contributed by atoms with Crippen molar-refractivity contribution in [1.82, 2.24) is 0 Å². The summed E-state index contributed by atoms with van der Waals surface area (Å²) in [6.07, 6.45) is 3.38. The molecule has 1 saturated carbocycles. The molecule has 0 amide bonds. The van der Waals surface area contributed by atoms with Gasteiger partial charge in [-0.3, -0.25) is 0 Å². The number of rotatable bonds is 0. The Labute approximate surface area is 77.4 Å². The first-order valence-electron chi connectivity index (χ1n) is 4.80. The van der Waals surface area contributed by atoms with Crippen LogP contribution in [0.5, 0.6) is 5.75 Å². The summed E-state index contributed by atoms with van der Waals surface area (Å²) in [6.45, 7) is 0. The van der Waals surface area contributed by atoms with Crippen LogP contribution in [0.4, 0.5) is 0 Å². The number of nitrogens with two attached hydrogens (primary N) is 1. The van der Waals surface area contributed by atoms with Gasteiger partial charge in [-0.05, 0) is 42.5 Å². The Morgan fingerprint density at radius 1 is 1.46 bits per heavy atom. The summed E-state index contributed by atoms with van der Waals surface area (Å²) in [6, 6.07) is 6.06. The molecule has 3 N–H and O–H groups in total. The fraction of sp³-hybridized carbons (Fsp3) is 0.455. The van der Waals surface area contributed by atoms with Crippen LogP contribution in [0, 0.1) is 0 Å². The first-order valence-corrected chi connectivity index (χ1v) is 4.80. The SMILES string of the molecule is NC1CC12CCc1cc(O)ccc12. The Kier molecular flexibility index (Phi) is 1.18. The first-order chi connectivity index (χ1) is 6.22. The summed E-state index contributed by atoms with van der Waals surface area (Å²) >= 11 is 0. The smallest absolute Gasteiger partial charge is 0.115 e. The molecule has 3 rings (SSSR count). The highest BCUT2D eigenvalue weighted by Gasteiger charge is 2.56. The van der Waals surface area contributed by atoms with E-state index in [1.54, 1.807) is 6.07 Å². The minimum atomic E-state index is 0.295. The zero-order chi connectivity index (χ0) is 9.05. The van der Waals surface area contributed by atoms with Gasteiger partial charge in [-0.2, -0.15) is 0 Å². The van der Waals surface area contributed by atoms with E-state index in [0.29, 0.717) is 17.2 Å². The van der Waals surface area contributed by atoms with Gasteiger partial charge in [-0.1, -0.05) is 6.07 Å². The van der Waals surface area contributed by atoms with E-state index in [0.717, 1.165) is 12.8 Å². The highest BCUT2D eigenvalue weighted by Crippen LogP contribution is 2.55. The predicted octanol–water partition coefficient (Wildman–Crippen LogP) is 1.31. The lowest BCUT2D eigenvalue weighted by molar-refractivity contribution is 0.474. The number of hydrogen-bond acceptors (Lipinski definition) is 2. The van der Waals surface area contributed by atoms with Gasteiger partial charge < -0.3 is 10.8 Å². The molecule has 1 spiro atoms. The monoisotopic (exact) mass is 175 g/mol. The number of phenolic OH excluding ortho intramolecular Hbond substituents is 1. The van der Waals surface area contributed by atoms with Crippen LogP contribution in [-0.2, 0) is 11.8 Å². The van der Waals surface area contributed by atoms with Gasteiger partial charge in [0.1, 0.15) is 5.75 Å². The van der Waals surface area contributed by atoms with Crippen LogP contribution in [0.1, 0.15) is 24.0 Å². The van der Waals surface area contributed by atoms with E-state index >= 15 is 0 Å². The van der Waals surface area contributed by atoms with Gasteiger partial charge in [0.25, 0.3) is 0 Å². The van der Waals surface area contributed by atoms with Gasteiger partial charge in [0.05, 0.1) is 0 Å². The third-order valence-electron chi connectivity index (χ3n) is 3.60. The lowest BCUT2D eigenvalue weighted by Crippen LogP contribution is -2.14. The Morgan fingerprint density at radius 3 is 2.92 bits per heavy atom. The lowest BCUT2D eigenvalue weighted by Gasteiger charge is -2.08. The van der Waals surface area contributed by atoms with Crippen molar-refractivity contribution in [3.05, 3.63) is 29.3 Å². The molecule has 0 heterocycles. The van der Waals surface area contributed by atoms with Crippen LogP contribution < -0.4 is 5.73 Å². The molecule has 1 aromatic rings. The van der Waals surface area contributed by atoms with Gasteiger partial charge in [-0.25, -0.2) is 0 Å². The molecule has 68 valence electrons. The van der Waals surface area contributed by atoms with Crippen LogP contribution in [0.3, 0.4) is 0 Å². The second-order valence-corrected chi connectivity index (χ2v) is 4.31. The van der Waals surface area contributed by atoms with E-state index in [-0.39, 0.29) is 0 Å². The Bertz CT molecular complexity index is 374. The van der Waals surface area contributed by atoms with Crippen LogP contribution in [0.2, 0.25) is 0 Å². The predicted molar refractivity (Wildman–Crippen MR) is 50.7 cm³/mol. The van der Waals surface area contributed by atoms with Crippen molar-refractivity contribution < 1.29 is 5.11 Å². The fourth-order valence-corrected chi connectivity index (χ4v) is 2.70. The van der Waals surface area contributed by atoms with E-state index in [4.69, 9.17) is 5.73 Å². The van der Waals surface area contributed by atoms with E-state index in [2.05, 4.69) is 0 Å². The van der Waals surface area contributed by atoms with Crippen molar-refractivity contribution in [3.8, 4) is 5.75 Å². The van der Waals surface area contributed by atoms with Gasteiger partial charge in [0.2, 0.25) is 0 Å². The van der Waals surface area contributed by atoms with Gasteiger partial charge >= 0.3 is 0 Å². The molecule has 2 aliphatic carbocycles. The fourth-order valence-electron chi connectivity index (χ4n) is 2.70. The molecule has 0 radical (unpaired) electrons. The number of fused-ring (bicyclic) bond motifs is 2. The van der Waals surface area contributed by atoms with Crippen LogP contribution in [0.15, 0.2) is 18.2 Å². The zero-order valence-corrected chi connectivity index (χ0v) is 7.46. The summed E-state index contributed by atoms with van der Waals surface area (Å²) in [5, 5.41) is 9.32. The molecular weight excluding hydrogens is 162 g/mol. The molecule has 0 saturated heterocycles. The Hall–Kier alpha value is -1.02. The standard InChI is InChI=1S/C11H13NO/c12-10-6-11(10)4-3-7-5-8(13)1-2-9(7)11/h1-2,5,10,13H,3-4,6,12H2. The molecule has 13 heavy (non-hydrogen) atoms. The van der Waals surface area contributed by atoms with E-state index in [1.807, 2.05) is 12.1 Å². The summed E-state index contributed by atoms with van der Waals surface area (Å²) in [7, 11) is 0. The summed E-state index contributed by atoms with van der Waals surface area (Å²) in [5.74, 6) is 0.380. The molecular formula is C11H13NO. The van der Waals surface area contributed by atoms with Crippen molar-refractivity contribution in [2.24, 2.45) is 5.73 Å². The molecule has 1 fully saturated rings. The molecule has 2 atom stereocenters. The molecule has 0 aromatic heterocycles. The largest absolute Gasteiger partial charge is 0.508 e. The normalized spacial score (nSPS) is 35.0. The van der Waals surface area contributed by atoms with E-state index in [1.165, 1.54) is 17.5 Å². The van der Waals surface area contributed by atoms with E-state index < -0.39 is 0 Å². The molecule has 0 aliphatic heterocycles. The van der Waals surface area contributed by atoms with Crippen molar-refractivity contribution in [3.63, 3.8) is 0 Å². The Balaban J connectivity index is 2.13. The lowest BCUT2D eigenvalue weighted by atomic mass is 9.97. The molecule has 2 unspecified atom stereocenters. The van der Waals surface area contributed by atoms with Crippen molar-refractivity contribution >= 4 is 0 Å². The maximum atomic E-state index is 9.32. The molecule has 2 aliphatic rings. The molecule has 1 aromatic carbocycles. The molecule has 2 heteroatoms. The Morgan fingerprint density at radius 2 is 2.23 bits per heavy atom. The highest BCUT2D eigenvalue weighted by molar-refractivity contribution is 5.49. The van der Waals surface area contributed by atoms with Crippen molar-refractivity contribution in [2.75, 3.05) is 0 Å². The van der Waals surface area contributed by atoms with Gasteiger partial charge in [0, 0.05) is 11.5 Å². The molecule has 2 nitrogen and oxygen atoms in total. The van der Waals surface area contributed by atoms with Gasteiger partial charge in [-0.15, -0.1) is 0 Å². The topological polar surface area (TPSA) is 46.2 Å². The number of hydrogen-bond donors (Lipinski definition) is 2. The number of aromatic hydroxyl groups is 1. The van der Waals surface area contributed by atoms with Crippen molar-refractivity contribution in [1.29, 1.82) is 0 Å². The zero-order valence-electron chi connectivity index (χ0n) is 7.46. The quantitative estimate of drug-likeness (QED) is 0.624. The summed E-state index contributed by atoms with van der Waals surface area (Å²) in [4.78, 5) is 0. The average molecular weight is 175 g/mol. The second kappa shape index (κ2) is 2.07. The summed E-state index contributed by atoms with van der Waals surface area (Å²) in [5.41, 5.74) is 8.93. The summed E-state index contributed by atoms with van der Waals surface area (Å²) < 4.78 is 0. The second-order valence-electron chi connectivity index (χ2n) is 4.31. The molecule has 0 bridgehead atoms. The highest BCUT2D eigenvalue weighted by atomic mass is 16.3. The average Bonchev–Trinajstić information content (AvgIpc) is 2.59. The minimum Gasteiger partial charge on any atom is -0.508 e. The van der Waals surface area contributed by atoms with Crippen LogP contribution in [0.25, 0.3) is 0 Å². The van der Waals surface area contributed by atoms with Gasteiger partial charge in [0.15, 0.2) is 0 Å². The van der Waals surface area contributed by atoms with Crippen LogP contribution >= 0.6 is 0 Å². The number of phenols is 1.